The molecule has 3 amide bonds. The van der Waals surface area contributed by atoms with Gasteiger partial charge in [0.05, 0.1) is 13.4 Å². The molecule has 0 aliphatic rings. The number of benzene rings is 2. The highest BCUT2D eigenvalue weighted by Gasteiger charge is 2.12. The highest BCUT2D eigenvalue weighted by molar-refractivity contribution is 6.06. The molecule has 158 valence electrons. The van der Waals surface area contributed by atoms with Gasteiger partial charge in [-0.3, -0.25) is 19.2 Å². The van der Waals surface area contributed by atoms with Crippen LogP contribution < -0.4 is 16.0 Å². The lowest BCUT2D eigenvalue weighted by atomic mass is 10.1. The van der Waals surface area contributed by atoms with Crippen LogP contribution in [0.3, 0.4) is 0 Å². The van der Waals surface area contributed by atoms with Gasteiger partial charge in [0.1, 0.15) is 6.54 Å². The van der Waals surface area contributed by atoms with Crippen LogP contribution in [0, 0.1) is 0 Å². The fraction of sp³-hybridized carbons (Fsp3) is 0.0909. The summed E-state index contributed by atoms with van der Waals surface area (Å²) >= 11 is 0. The van der Waals surface area contributed by atoms with Gasteiger partial charge in [0.15, 0.2) is 5.76 Å². The second-order valence-corrected chi connectivity index (χ2v) is 6.30. The van der Waals surface area contributed by atoms with E-state index in [1.165, 1.54) is 19.4 Å². The third-order valence-electron chi connectivity index (χ3n) is 4.15. The summed E-state index contributed by atoms with van der Waals surface area (Å²) < 4.78 is 9.50. The molecule has 0 aliphatic heterocycles. The van der Waals surface area contributed by atoms with Gasteiger partial charge in [-0.2, -0.15) is 0 Å². The Bertz CT molecular complexity index is 1090. The lowest BCUT2D eigenvalue weighted by Crippen LogP contribution is -2.30. The zero-order valence-electron chi connectivity index (χ0n) is 16.5. The van der Waals surface area contributed by atoms with Crippen molar-refractivity contribution in [1.82, 2.24) is 5.32 Å². The number of anilines is 2. The van der Waals surface area contributed by atoms with Crippen LogP contribution in [0.4, 0.5) is 11.4 Å². The predicted octanol–water partition coefficient (Wildman–Crippen LogP) is 2.69. The van der Waals surface area contributed by atoms with Crippen molar-refractivity contribution >= 4 is 35.1 Å². The normalized spacial score (nSPS) is 10.1. The van der Waals surface area contributed by atoms with Gasteiger partial charge in [0.2, 0.25) is 0 Å². The highest BCUT2D eigenvalue weighted by Crippen LogP contribution is 2.15. The molecule has 0 spiro atoms. The molecule has 0 unspecified atom stereocenters. The third kappa shape index (κ3) is 5.80. The standard InChI is InChI=1S/C22H19N3O6/c1-30-19(26)13-23-20(27)15-4-2-5-17(12-15)25-21(28)14-7-9-16(10-8-14)24-22(29)18-6-3-11-31-18/h2-12H,13H2,1H3,(H,23,27)(H,24,29)(H,25,28). The van der Waals surface area contributed by atoms with E-state index in [0.717, 1.165) is 0 Å². The lowest BCUT2D eigenvalue weighted by Gasteiger charge is -2.09. The molecule has 3 aromatic rings. The van der Waals surface area contributed by atoms with Crippen molar-refractivity contribution in [3.63, 3.8) is 0 Å². The first kappa shape index (κ1) is 21.3. The minimum atomic E-state index is -0.568. The second-order valence-electron chi connectivity index (χ2n) is 6.30. The first-order valence-electron chi connectivity index (χ1n) is 9.17. The van der Waals surface area contributed by atoms with Crippen LogP contribution in [-0.2, 0) is 9.53 Å². The Morgan fingerprint density at radius 2 is 1.55 bits per heavy atom. The van der Waals surface area contributed by atoms with Crippen LogP contribution in [0.1, 0.15) is 31.3 Å². The second kappa shape index (κ2) is 9.88. The summed E-state index contributed by atoms with van der Waals surface area (Å²) in [6.07, 6.45) is 1.40. The van der Waals surface area contributed by atoms with Crippen molar-refractivity contribution in [3.05, 3.63) is 83.8 Å². The average molecular weight is 421 g/mol. The fourth-order valence-electron chi connectivity index (χ4n) is 2.57. The topological polar surface area (TPSA) is 127 Å². The first-order chi connectivity index (χ1) is 15.0. The third-order valence-corrected chi connectivity index (χ3v) is 4.15. The molecule has 9 heteroatoms. The number of carbonyl (C=O) groups is 4. The van der Waals surface area contributed by atoms with E-state index >= 15 is 0 Å². The summed E-state index contributed by atoms with van der Waals surface area (Å²) in [5.41, 5.74) is 1.54. The van der Waals surface area contributed by atoms with Gasteiger partial charge < -0.3 is 25.1 Å². The Balaban J connectivity index is 1.60. The largest absolute Gasteiger partial charge is 0.468 e. The molecule has 0 fully saturated rings. The Kier molecular flexibility index (Phi) is 6.79. The zero-order valence-corrected chi connectivity index (χ0v) is 16.5. The number of amides is 3. The molecule has 0 saturated heterocycles. The maximum Gasteiger partial charge on any atom is 0.325 e. The van der Waals surface area contributed by atoms with Crippen molar-refractivity contribution in [2.45, 2.75) is 0 Å². The van der Waals surface area contributed by atoms with Crippen molar-refractivity contribution in [3.8, 4) is 0 Å². The summed E-state index contributed by atoms with van der Waals surface area (Å²) in [6, 6.07) is 15.7. The number of hydrogen-bond donors (Lipinski definition) is 3. The molecule has 2 aromatic carbocycles. The van der Waals surface area contributed by atoms with Gasteiger partial charge in [0.25, 0.3) is 17.7 Å². The minimum absolute atomic E-state index is 0.178. The smallest absolute Gasteiger partial charge is 0.325 e. The molecule has 1 aromatic heterocycles. The number of furan rings is 1. The molecule has 9 nitrogen and oxygen atoms in total. The van der Waals surface area contributed by atoms with Crippen LogP contribution in [0.2, 0.25) is 0 Å². The zero-order chi connectivity index (χ0) is 22.2. The molecular weight excluding hydrogens is 402 g/mol. The van der Waals surface area contributed by atoms with Crippen molar-refractivity contribution in [2.24, 2.45) is 0 Å². The van der Waals surface area contributed by atoms with Crippen molar-refractivity contribution in [1.29, 1.82) is 0 Å². The molecule has 0 bridgehead atoms. The number of esters is 1. The number of rotatable bonds is 7. The maximum atomic E-state index is 12.5. The summed E-state index contributed by atoms with van der Waals surface area (Å²) in [4.78, 5) is 47.7. The molecule has 31 heavy (non-hydrogen) atoms. The molecular formula is C22H19N3O6. The van der Waals surface area contributed by atoms with Gasteiger partial charge in [0, 0.05) is 22.5 Å². The molecule has 0 saturated carbocycles. The van der Waals surface area contributed by atoms with Crippen LogP contribution in [0.5, 0.6) is 0 Å². The van der Waals surface area contributed by atoms with E-state index in [0.29, 0.717) is 16.9 Å². The lowest BCUT2D eigenvalue weighted by molar-refractivity contribution is -0.139. The van der Waals surface area contributed by atoms with E-state index in [9.17, 15) is 19.2 Å². The Labute approximate surface area is 177 Å². The number of carbonyl (C=O) groups excluding carboxylic acids is 4. The van der Waals surface area contributed by atoms with Gasteiger partial charge in [-0.05, 0) is 54.6 Å². The van der Waals surface area contributed by atoms with Crippen LogP contribution in [0.15, 0.2) is 71.3 Å². The molecule has 3 N–H and O–H groups in total. The van der Waals surface area contributed by atoms with Gasteiger partial charge in [-0.15, -0.1) is 0 Å². The summed E-state index contributed by atoms with van der Waals surface area (Å²) in [7, 11) is 1.23. The molecule has 0 atom stereocenters. The molecule has 0 aliphatic carbocycles. The number of hydrogen-bond acceptors (Lipinski definition) is 6. The van der Waals surface area contributed by atoms with Crippen molar-refractivity contribution < 1.29 is 28.3 Å². The number of ether oxygens (including phenoxy) is 1. The van der Waals surface area contributed by atoms with Crippen LogP contribution >= 0.6 is 0 Å². The number of nitrogens with one attached hydrogen (secondary N) is 3. The average Bonchev–Trinajstić information content (AvgIpc) is 3.33. The SMILES string of the molecule is COC(=O)CNC(=O)c1cccc(NC(=O)c2ccc(NC(=O)c3ccco3)cc2)c1. The quantitative estimate of drug-likeness (QED) is 0.504. The predicted molar refractivity (Wildman–Crippen MR) is 112 cm³/mol. The van der Waals surface area contributed by atoms with E-state index in [2.05, 4.69) is 20.7 Å². The highest BCUT2D eigenvalue weighted by atomic mass is 16.5. The molecule has 1 heterocycles. The van der Waals surface area contributed by atoms with Crippen molar-refractivity contribution in [2.75, 3.05) is 24.3 Å². The van der Waals surface area contributed by atoms with E-state index in [1.807, 2.05) is 0 Å². The summed E-state index contributed by atoms with van der Waals surface area (Å²) in [5.74, 6) is -1.65. The van der Waals surface area contributed by atoms with Crippen LogP contribution in [0.25, 0.3) is 0 Å². The monoisotopic (exact) mass is 421 g/mol. The van der Waals surface area contributed by atoms with E-state index in [1.54, 1.807) is 54.6 Å². The fourth-order valence-corrected chi connectivity index (χ4v) is 2.57. The Morgan fingerprint density at radius 1 is 0.806 bits per heavy atom. The van der Waals surface area contributed by atoms with E-state index < -0.39 is 23.7 Å². The van der Waals surface area contributed by atoms with Gasteiger partial charge in [-0.25, -0.2) is 0 Å². The van der Waals surface area contributed by atoms with E-state index in [4.69, 9.17) is 4.42 Å². The molecule has 3 rings (SSSR count). The maximum absolute atomic E-state index is 12.5. The van der Waals surface area contributed by atoms with Gasteiger partial charge in [-0.1, -0.05) is 6.07 Å². The minimum Gasteiger partial charge on any atom is -0.468 e. The molecule has 0 radical (unpaired) electrons. The van der Waals surface area contributed by atoms with E-state index in [-0.39, 0.29) is 17.9 Å². The summed E-state index contributed by atoms with van der Waals surface area (Å²) in [6.45, 7) is -0.255. The van der Waals surface area contributed by atoms with Gasteiger partial charge >= 0.3 is 5.97 Å². The first-order valence-corrected chi connectivity index (χ1v) is 9.17. The summed E-state index contributed by atoms with van der Waals surface area (Å²) in [5, 5.41) is 7.79. The Hall–Kier alpha value is -4.40. The van der Waals surface area contributed by atoms with Crippen LogP contribution in [-0.4, -0.2) is 37.3 Å². The Morgan fingerprint density at radius 3 is 2.23 bits per heavy atom. The number of methoxy groups -OCH3 is 1.